The van der Waals surface area contributed by atoms with E-state index in [9.17, 15) is 0 Å². The molecule has 2 heterocycles. The Kier molecular flexibility index (Phi) is 3.04. The largest absolute Gasteiger partial charge is 0.329 e. The normalized spacial score (nSPS) is 21.2. The van der Waals surface area contributed by atoms with Crippen molar-refractivity contribution >= 4 is 17.2 Å². The van der Waals surface area contributed by atoms with Crippen molar-refractivity contribution in [2.75, 3.05) is 4.90 Å². The minimum atomic E-state index is -0.0423. The standard InChI is InChI=1S/C21H20N2/c1-15-13-22-14-18-20(15)23(16-9-5-4-6-10-16)19-12-8-7-11-17(19)21(18,2)3/h4-12,14,20H,1-3H3. The average molecular weight is 300 g/mol. The van der Waals surface area contributed by atoms with Crippen molar-refractivity contribution in [2.24, 2.45) is 4.99 Å². The van der Waals surface area contributed by atoms with E-state index >= 15 is 0 Å². The SMILES string of the molecule is CC1=C=NC=C2C1N(c1ccccc1)c1ccccc1C2(C)C. The molecular formula is C21H20N2. The van der Waals surface area contributed by atoms with Gasteiger partial charge in [-0.25, -0.2) is 4.99 Å². The number of rotatable bonds is 1. The fourth-order valence-electron chi connectivity index (χ4n) is 3.79. The van der Waals surface area contributed by atoms with E-state index in [1.807, 2.05) is 6.20 Å². The molecule has 0 amide bonds. The fourth-order valence-corrected chi connectivity index (χ4v) is 3.79. The lowest BCUT2D eigenvalue weighted by atomic mass is 9.69. The minimum absolute atomic E-state index is 0.0423. The Morgan fingerprint density at radius 2 is 1.70 bits per heavy atom. The van der Waals surface area contributed by atoms with Gasteiger partial charge in [0, 0.05) is 28.6 Å². The minimum Gasteiger partial charge on any atom is -0.329 e. The molecule has 0 aliphatic carbocycles. The lowest BCUT2D eigenvalue weighted by Gasteiger charge is -2.48. The molecule has 2 aliphatic heterocycles. The number of anilines is 2. The highest BCUT2D eigenvalue weighted by molar-refractivity contribution is 5.80. The lowest BCUT2D eigenvalue weighted by Crippen LogP contribution is -2.46. The fraction of sp³-hybridized carbons (Fsp3) is 0.238. The monoisotopic (exact) mass is 300 g/mol. The summed E-state index contributed by atoms with van der Waals surface area (Å²) in [5.74, 6) is 3.17. The molecule has 0 aromatic heterocycles. The molecule has 23 heavy (non-hydrogen) atoms. The van der Waals surface area contributed by atoms with Crippen LogP contribution < -0.4 is 4.90 Å². The Morgan fingerprint density at radius 1 is 1.00 bits per heavy atom. The van der Waals surface area contributed by atoms with Gasteiger partial charge in [0.2, 0.25) is 0 Å². The van der Waals surface area contributed by atoms with Crippen molar-refractivity contribution in [3.63, 3.8) is 0 Å². The van der Waals surface area contributed by atoms with E-state index in [1.54, 1.807) is 0 Å². The summed E-state index contributed by atoms with van der Waals surface area (Å²) in [6.07, 6.45) is 2.00. The first kappa shape index (κ1) is 14.0. The summed E-state index contributed by atoms with van der Waals surface area (Å²) in [5, 5.41) is 0. The predicted molar refractivity (Wildman–Crippen MR) is 96.5 cm³/mol. The van der Waals surface area contributed by atoms with Crippen LogP contribution in [0.3, 0.4) is 0 Å². The quantitative estimate of drug-likeness (QED) is 0.723. The van der Waals surface area contributed by atoms with Gasteiger partial charge in [0.05, 0.1) is 6.04 Å². The zero-order valence-electron chi connectivity index (χ0n) is 13.7. The predicted octanol–water partition coefficient (Wildman–Crippen LogP) is 5.00. The van der Waals surface area contributed by atoms with Gasteiger partial charge in [0.15, 0.2) is 0 Å². The molecule has 2 nitrogen and oxygen atoms in total. The molecular weight excluding hydrogens is 280 g/mol. The Balaban J connectivity index is 2.03. The first-order valence-corrected chi connectivity index (χ1v) is 8.04. The van der Waals surface area contributed by atoms with Gasteiger partial charge < -0.3 is 4.90 Å². The Hall–Kier alpha value is -2.57. The number of hydrogen-bond acceptors (Lipinski definition) is 2. The van der Waals surface area contributed by atoms with Gasteiger partial charge in [-0.2, -0.15) is 0 Å². The number of fused-ring (bicyclic) bond motifs is 2. The maximum atomic E-state index is 4.36. The van der Waals surface area contributed by atoms with Gasteiger partial charge >= 0.3 is 0 Å². The molecule has 0 spiro atoms. The smallest absolute Gasteiger partial charge is 0.0877 e. The van der Waals surface area contributed by atoms with Gasteiger partial charge in [0.25, 0.3) is 0 Å². The summed E-state index contributed by atoms with van der Waals surface area (Å²) in [6.45, 7) is 6.71. The highest BCUT2D eigenvalue weighted by Gasteiger charge is 2.43. The lowest BCUT2D eigenvalue weighted by molar-refractivity contribution is 0.547. The topological polar surface area (TPSA) is 15.6 Å². The second-order valence-corrected chi connectivity index (χ2v) is 6.76. The Morgan fingerprint density at radius 3 is 2.48 bits per heavy atom. The van der Waals surface area contributed by atoms with Gasteiger partial charge in [-0.3, -0.25) is 0 Å². The van der Waals surface area contributed by atoms with Crippen LogP contribution in [-0.2, 0) is 5.41 Å². The van der Waals surface area contributed by atoms with Crippen molar-refractivity contribution in [1.29, 1.82) is 0 Å². The van der Waals surface area contributed by atoms with E-state index < -0.39 is 0 Å². The number of benzene rings is 2. The van der Waals surface area contributed by atoms with E-state index in [4.69, 9.17) is 0 Å². The summed E-state index contributed by atoms with van der Waals surface area (Å²) in [5.41, 5.74) is 6.27. The molecule has 2 aromatic carbocycles. The van der Waals surface area contributed by atoms with Gasteiger partial charge in [-0.15, -0.1) is 0 Å². The van der Waals surface area contributed by atoms with Crippen LogP contribution in [0.2, 0.25) is 0 Å². The molecule has 2 aromatic rings. The third-order valence-corrected chi connectivity index (χ3v) is 5.00. The van der Waals surface area contributed by atoms with E-state index in [1.165, 1.54) is 22.5 Å². The highest BCUT2D eigenvalue weighted by Crippen LogP contribution is 2.50. The van der Waals surface area contributed by atoms with Crippen LogP contribution in [0, 0.1) is 0 Å². The molecule has 0 N–H and O–H groups in total. The van der Waals surface area contributed by atoms with Crippen LogP contribution in [-0.4, -0.2) is 11.9 Å². The van der Waals surface area contributed by atoms with Crippen LogP contribution >= 0.6 is 0 Å². The van der Waals surface area contributed by atoms with E-state index in [0.29, 0.717) is 0 Å². The molecule has 1 atom stereocenters. The van der Waals surface area contributed by atoms with Crippen LogP contribution in [0.1, 0.15) is 26.3 Å². The third-order valence-electron chi connectivity index (χ3n) is 5.00. The summed E-state index contributed by atoms with van der Waals surface area (Å²) < 4.78 is 0. The number of para-hydroxylation sites is 2. The summed E-state index contributed by atoms with van der Waals surface area (Å²) in [4.78, 5) is 6.78. The van der Waals surface area contributed by atoms with Crippen LogP contribution in [0.4, 0.5) is 11.4 Å². The third kappa shape index (κ3) is 1.99. The van der Waals surface area contributed by atoms with E-state index in [0.717, 1.165) is 5.57 Å². The molecule has 0 fully saturated rings. The van der Waals surface area contributed by atoms with Crippen LogP contribution in [0.15, 0.2) is 76.9 Å². The summed E-state index contributed by atoms with van der Waals surface area (Å²) in [6, 6.07) is 19.5. The number of hydrogen-bond donors (Lipinski definition) is 0. The molecule has 0 saturated heterocycles. The number of aliphatic imine (C=N–C) groups is 1. The zero-order chi connectivity index (χ0) is 16.0. The van der Waals surface area contributed by atoms with Crippen molar-refractivity contribution < 1.29 is 0 Å². The molecule has 4 rings (SSSR count). The maximum absolute atomic E-state index is 4.36. The van der Waals surface area contributed by atoms with E-state index in [2.05, 4.69) is 91.1 Å². The Bertz CT molecular complexity index is 852. The second kappa shape index (κ2) is 4.97. The molecule has 2 aliphatic rings. The molecule has 1 unspecified atom stereocenters. The molecule has 0 bridgehead atoms. The second-order valence-electron chi connectivity index (χ2n) is 6.76. The number of nitrogens with zero attached hydrogens (tertiary/aromatic N) is 2. The first-order chi connectivity index (χ1) is 11.1. The highest BCUT2D eigenvalue weighted by atomic mass is 15.2. The Labute approximate surface area is 137 Å². The molecule has 0 radical (unpaired) electrons. The zero-order valence-corrected chi connectivity index (χ0v) is 13.7. The molecule has 114 valence electrons. The molecule has 0 saturated carbocycles. The van der Waals surface area contributed by atoms with Crippen LogP contribution in [0.25, 0.3) is 0 Å². The summed E-state index contributed by atoms with van der Waals surface area (Å²) >= 11 is 0. The van der Waals surface area contributed by atoms with Crippen molar-refractivity contribution in [3.8, 4) is 0 Å². The average Bonchev–Trinajstić information content (AvgIpc) is 2.57. The maximum Gasteiger partial charge on any atom is 0.0877 e. The van der Waals surface area contributed by atoms with Gasteiger partial charge in [0.1, 0.15) is 0 Å². The van der Waals surface area contributed by atoms with Gasteiger partial charge in [-0.1, -0.05) is 50.2 Å². The van der Waals surface area contributed by atoms with Crippen LogP contribution in [0.5, 0.6) is 0 Å². The van der Waals surface area contributed by atoms with Crippen molar-refractivity contribution in [3.05, 3.63) is 77.5 Å². The molecule has 2 heteroatoms. The summed E-state index contributed by atoms with van der Waals surface area (Å²) in [7, 11) is 0. The van der Waals surface area contributed by atoms with Crippen molar-refractivity contribution in [1.82, 2.24) is 0 Å². The van der Waals surface area contributed by atoms with E-state index in [-0.39, 0.29) is 11.5 Å². The first-order valence-electron chi connectivity index (χ1n) is 8.04. The van der Waals surface area contributed by atoms with Gasteiger partial charge in [-0.05, 0) is 42.1 Å². The van der Waals surface area contributed by atoms with Crippen molar-refractivity contribution in [2.45, 2.75) is 32.2 Å².